The highest BCUT2D eigenvalue weighted by Crippen LogP contribution is 2.20. The highest BCUT2D eigenvalue weighted by Gasteiger charge is 2.17. The Kier molecular flexibility index (Phi) is 3.52. The molecule has 2 aromatic heterocycles. The van der Waals surface area contributed by atoms with Gasteiger partial charge in [0.05, 0.1) is 6.20 Å². The van der Waals surface area contributed by atoms with Crippen LogP contribution in [0.1, 0.15) is 5.56 Å². The van der Waals surface area contributed by atoms with Gasteiger partial charge in [0.25, 0.3) is 0 Å². The van der Waals surface area contributed by atoms with E-state index in [1.165, 1.54) is 0 Å². The van der Waals surface area contributed by atoms with E-state index in [0.29, 0.717) is 22.9 Å². The minimum Gasteiger partial charge on any atom is -0.353 e. The molecule has 0 aliphatic carbocycles. The highest BCUT2D eigenvalue weighted by molar-refractivity contribution is 5.59. The topological polar surface area (TPSA) is 77.7 Å². The third-order valence-electron chi connectivity index (χ3n) is 3.20. The molecule has 0 radical (unpaired) electrons. The molecule has 0 atom stereocenters. The molecular weight excluding hydrogens is 252 g/mol. The van der Waals surface area contributed by atoms with Crippen LogP contribution < -0.4 is 10.2 Å². The van der Waals surface area contributed by atoms with Crippen LogP contribution in [-0.4, -0.2) is 41.1 Å². The number of nitrogens with zero attached hydrogens (tertiary/aromatic N) is 5. The molecule has 0 saturated carbocycles. The summed E-state index contributed by atoms with van der Waals surface area (Å²) >= 11 is 0. The van der Waals surface area contributed by atoms with Crippen LogP contribution in [0.4, 0.5) is 5.82 Å². The Morgan fingerprint density at radius 3 is 2.75 bits per heavy atom. The van der Waals surface area contributed by atoms with Gasteiger partial charge in [-0.15, -0.1) is 0 Å². The largest absolute Gasteiger partial charge is 0.353 e. The van der Waals surface area contributed by atoms with Crippen molar-refractivity contribution in [2.45, 2.75) is 0 Å². The second-order valence-corrected chi connectivity index (χ2v) is 4.49. The molecule has 1 saturated heterocycles. The molecule has 3 heterocycles. The minimum atomic E-state index is 0.506. The van der Waals surface area contributed by atoms with Crippen molar-refractivity contribution in [2.75, 3.05) is 31.1 Å². The number of rotatable bonds is 2. The Balaban J connectivity index is 2.01. The maximum Gasteiger partial charge on any atom is 0.180 e. The molecule has 1 N–H and O–H groups in total. The first-order chi connectivity index (χ1) is 9.88. The Hall–Kier alpha value is -2.52. The molecule has 20 heavy (non-hydrogen) atoms. The lowest BCUT2D eigenvalue weighted by molar-refractivity contribution is 0.584. The highest BCUT2D eigenvalue weighted by atomic mass is 15.2. The lowest BCUT2D eigenvalue weighted by Gasteiger charge is -2.29. The third-order valence-corrected chi connectivity index (χ3v) is 3.20. The summed E-state index contributed by atoms with van der Waals surface area (Å²) in [6.45, 7) is 3.47. The van der Waals surface area contributed by atoms with E-state index < -0.39 is 0 Å². The molecule has 0 spiro atoms. The van der Waals surface area contributed by atoms with E-state index in [2.05, 4.69) is 31.2 Å². The standard InChI is InChI=1S/C14H14N6/c15-9-11-10-18-13(12-3-1-2-4-17-12)19-14(11)20-7-5-16-6-8-20/h1-4,10,16H,5-8H2. The second kappa shape index (κ2) is 5.63. The Bertz CT molecular complexity index is 628. The van der Waals surface area contributed by atoms with Crippen molar-refractivity contribution in [3.05, 3.63) is 36.2 Å². The summed E-state index contributed by atoms with van der Waals surface area (Å²) in [5.74, 6) is 1.25. The fourth-order valence-corrected chi connectivity index (χ4v) is 2.19. The molecule has 0 amide bonds. The monoisotopic (exact) mass is 266 g/mol. The molecule has 3 rings (SSSR count). The van der Waals surface area contributed by atoms with Gasteiger partial charge in [0.1, 0.15) is 17.3 Å². The lowest BCUT2D eigenvalue weighted by atomic mass is 10.2. The van der Waals surface area contributed by atoms with E-state index in [0.717, 1.165) is 26.2 Å². The van der Waals surface area contributed by atoms with E-state index in [-0.39, 0.29) is 0 Å². The van der Waals surface area contributed by atoms with Gasteiger partial charge < -0.3 is 10.2 Å². The molecule has 1 fully saturated rings. The van der Waals surface area contributed by atoms with Gasteiger partial charge in [-0.25, -0.2) is 9.97 Å². The van der Waals surface area contributed by atoms with Gasteiger partial charge in [-0.1, -0.05) is 6.07 Å². The average molecular weight is 266 g/mol. The van der Waals surface area contributed by atoms with E-state index in [4.69, 9.17) is 0 Å². The third kappa shape index (κ3) is 2.44. The van der Waals surface area contributed by atoms with Gasteiger partial charge in [0.2, 0.25) is 0 Å². The summed E-state index contributed by atoms with van der Waals surface area (Å²) in [5.41, 5.74) is 1.22. The van der Waals surface area contributed by atoms with Crippen molar-refractivity contribution in [2.24, 2.45) is 0 Å². The Labute approximate surface area is 117 Å². The van der Waals surface area contributed by atoms with Crippen LogP contribution in [0.5, 0.6) is 0 Å². The Morgan fingerprint density at radius 1 is 1.20 bits per heavy atom. The summed E-state index contributed by atoms with van der Waals surface area (Å²) in [6, 6.07) is 7.78. The fraction of sp³-hybridized carbons (Fsp3) is 0.286. The number of piperazine rings is 1. The number of nitrogens with one attached hydrogen (secondary N) is 1. The summed E-state index contributed by atoms with van der Waals surface area (Å²) in [4.78, 5) is 15.1. The zero-order valence-electron chi connectivity index (χ0n) is 11.0. The minimum absolute atomic E-state index is 0.506. The van der Waals surface area contributed by atoms with Crippen LogP contribution in [0, 0.1) is 11.3 Å². The smallest absolute Gasteiger partial charge is 0.180 e. The van der Waals surface area contributed by atoms with E-state index in [9.17, 15) is 5.26 Å². The van der Waals surface area contributed by atoms with Gasteiger partial charge in [-0.05, 0) is 12.1 Å². The predicted octanol–water partition coefficient (Wildman–Crippen LogP) is 0.820. The van der Waals surface area contributed by atoms with Crippen molar-refractivity contribution in [1.82, 2.24) is 20.3 Å². The number of hydrogen-bond donors (Lipinski definition) is 1. The normalized spacial score (nSPS) is 14.8. The predicted molar refractivity (Wildman–Crippen MR) is 75.1 cm³/mol. The molecule has 2 aromatic rings. The van der Waals surface area contributed by atoms with Crippen molar-refractivity contribution in [1.29, 1.82) is 5.26 Å². The SMILES string of the molecule is N#Cc1cnc(-c2ccccn2)nc1N1CCNCC1. The summed E-state index contributed by atoms with van der Waals surface area (Å²) in [5, 5.41) is 12.5. The van der Waals surface area contributed by atoms with E-state index in [1.54, 1.807) is 12.4 Å². The lowest BCUT2D eigenvalue weighted by Crippen LogP contribution is -2.44. The number of pyridine rings is 1. The molecule has 1 aliphatic heterocycles. The molecule has 6 nitrogen and oxygen atoms in total. The van der Waals surface area contributed by atoms with E-state index in [1.807, 2.05) is 18.2 Å². The molecular formula is C14H14N6. The van der Waals surface area contributed by atoms with Crippen LogP contribution in [0.3, 0.4) is 0 Å². The van der Waals surface area contributed by atoms with Gasteiger partial charge in [-0.3, -0.25) is 4.98 Å². The zero-order valence-corrected chi connectivity index (χ0v) is 11.0. The quantitative estimate of drug-likeness (QED) is 0.867. The summed E-state index contributed by atoms with van der Waals surface area (Å²) in [6.07, 6.45) is 3.29. The average Bonchev–Trinajstić information content (AvgIpc) is 2.56. The van der Waals surface area contributed by atoms with Crippen molar-refractivity contribution in [3.8, 4) is 17.6 Å². The van der Waals surface area contributed by atoms with Gasteiger partial charge >= 0.3 is 0 Å². The van der Waals surface area contributed by atoms with E-state index >= 15 is 0 Å². The number of aromatic nitrogens is 3. The molecule has 0 unspecified atom stereocenters. The molecule has 100 valence electrons. The number of anilines is 1. The Morgan fingerprint density at radius 2 is 2.05 bits per heavy atom. The van der Waals surface area contributed by atoms with Crippen LogP contribution in [0.2, 0.25) is 0 Å². The maximum absolute atomic E-state index is 9.22. The summed E-state index contributed by atoms with van der Waals surface area (Å²) < 4.78 is 0. The second-order valence-electron chi connectivity index (χ2n) is 4.49. The van der Waals surface area contributed by atoms with Crippen molar-refractivity contribution in [3.63, 3.8) is 0 Å². The number of hydrogen-bond acceptors (Lipinski definition) is 6. The van der Waals surface area contributed by atoms with Crippen LogP contribution in [-0.2, 0) is 0 Å². The molecule has 1 aliphatic rings. The summed E-state index contributed by atoms with van der Waals surface area (Å²) in [7, 11) is 0. The first-order valence-corrected chi connectivity index (χ1v) is 6.52. The van der Waals surface area contributed by atoms with Crippen LogP contribution in [0.25, 0.3) is 11.5 Å². The number of nitriles is 1. The van der Waals surface area contributed by atoms with Gasteiger partial charge in [0.15, 0.2) is 11.6 Å². The molecule has 0 aromatic carbocycles. The van der Waals surface area contributed by atoms with Crippen LogP contribution >= 0.6 is 0 Å². The van der Waals surface area contributed by atoms with Gasteiger partial charge in [-0.2, -0.15) is 5.26 Å². The van der Waals surface area contributed by atoms with Crippen molar-refractivity contribution < 1.29 is 0 Å². The van der Waals surface area contributed by atoms with Crippen LogP contribution in [0.15, 0.2) is 30.6 Å². The van der Waals surface area contributed by atoms with Gasteiger partial charge in [0, 0.05) is 32.4 Å². The zero-order chi connectivity index (χ0) is 13.8. The first kappa shape index (κ1) is 12.5. The molecule has 0 bridgehead atoms. The first-order valence-electron chi connectivity index (χ1n) is 6.52. The molecule has 6 heteroatoms. The maximum atomic E-state index is 9.22. The fourth-order valence-electron chi connectivity index (χ4n) is 2.19. The van der Waals surface area contributed by atoms with Crippen molar-refractivity contribution >= 4 is 5.82 Å².